The third kappa shape index (κ3) is 5.01. The maximum Gasteiger partial charge on any atom is 0.417 e. The molecule has 2 aromatic carbocycles. The molecular formula is C21H22F3N2O4S-. The number of benzene rings is 2. The smallest absolute Gasteiger partial charge is 0.417 e. The first kappa shape index (κ1) is 23.1. The Morgan fingerprint density at radius 1 is 1.10 bits per heavy atom. The first-order valence-electron chi connectivity index (χ1n) is 9.66. The summed E-state index contributed by atoms with van der Waals surface area (Å²) in [5, 5.41) is 10.9. The number of nitrogens with zero attached hydrogens (tertiary/aromatic N) is 1. The number of hydrogen-bond acceptors (Lipinski definition) is 4. The van der Waals surface area contributed by atoms with Crippen molar-refractivity contribution >= 4 is 16.1 Å². The number of alkyl halides is 3. The molecular weight excluding hydrogens is 433 g/mol. The molecule has 1 N–H and O–H groups in total. The van der Waals surface area contributed by atoms with E-state index in [-0.39, 0.29) is 31.5 Å². The van der Waals surface area contributed by atoms with Gasteiger partial charge in [-0.2, -0.15) is 13.2 Å². The zero-order valence-corrected chi connectivity index (χ0v) is 17.8. The highest BCUT2D eigenvalue weighted by Crippen LogP contribution is 2.38. The van der Waals surface area contributed by atoms with Crippen LogP contribution < -0.4 is 9.83 Å². The third-order valence-corrected chi connectivity index (χ3v) is 7.00. The Labute approximate surface area is 178 Å². The second kappa shape index (κ2) is 8.51. The van der Waals surface area contributed by atoms with Crippen LogP contribution in [0.2, 0.25) is 0 Å². The van der Waals surface area contributed by atoms with Crippen LogP contribution in [0.1, 0.15) is 29.5 Å². The number of likely N-dealkylation sites (tertiary alicyclic amines) is 1. The van der Waals surface area contributed by atoms with Gasteiger partial charge in [0, 0.05) is 19.1 Å². The van der Waals surface area contributed by atoms with Crippen LogP contribution in [0.4, 0.5) is 18.0 Å². The zero-order chi connectivity index (χ0) is 23.0. The molecule has 0 saturated carbocycles. The molecule has 2 aromatic rings. The number of carbonyl (C=O) groups is 1. The quantitative estimate of drug-likeness (QED) is 0.767. The summed E-state index contributed by atoms with van der Waals surface area (Å²) in [4.78, 5) is 11.1. The van der Waals surface area contributed by atoms with E-state index in [2.05, 4.69) is 4.72 Å². The monoisotopic (exact) mass is 455 g/mol. The number of carbonyl (C=O) groups excluding carboxylic acids is 1. The maximum absolute atomic E-state index is 13.8. The van der Waals surface area contributed by atoms with Crippen molar-refractivity contribution in [3.05, 3.63) is 53.1 Å². The number of nitrogens with one attached hydrogen (secondary N) is 1. The molecule has 1 heterocycles. The van der Waals surface area contributed by atoms with Crippen LogP contribution in [-0.4, -0.2) is 38.5 Å². The Balaban J connectivity index is 1.96. The number of sulfonamides is 1. The average molecular weight is 455 g/mol. The standard InChI is InChI=1S/C21H23F3N2O4S/c1-13-4-3-5-14(2)19(13)15-6-7-18(17(12-15)21(22,23)24)31(29,30)25-16-8-10-26(11-9-16)20(27)28/h3-7,12,16,25H,8-11H2,1-2H3,(H,27,28)/p-1. The molecule has 1 saturated heterocycles. The lowest BCUT2D eigenvalue weighted by Crippen LogP contribution is -2.50. The number of carboxylic acid groups (broad SMARTS) is 1. The van der Waals surface area contributed by atoms with E-state index in [9.17, 15) is 31.5 Å². The maximum atomic E-state index is 13.8. The largest absolute Gasteiger partial charge is 0.530 e. The Morgan fingerprint density at radius 3 is 2.19 bits per heavy atom. The molecule has 168 valence electrons. The Kier molecular flexibility index (Phi) is 6.33. The molecule has 6 nitrogen and oxygen atoms in total. The second-order valence-corrected chi connectivity index (χ2v) is 9.31. The minimum absolute atomic E-state index is 0.0488. The van der Waals surface area contributed by atoms with E-state index in [4.69, 9.17) is 0 Å². The van der Waals surface area contributed by atoms with E-state index >= 15 is 0 Å². The number of aryl methyl sites for hydroxylation is 2. The molecule has 0 spiro atoms. The number of halogens is 3. The van der Waals surface area contributed by atoms with Crippen molar-refractivity contribution < 1.29 is 31.5 Å². The third-order valence-electron chi connectivity index (χ3n) is 5.42. The lowest BCUT2D eigenvalue weighted by molar-refractivity contribution is -0.266. The molecule has 0 radical (unpaired) electrons. The molecule has 31 heavy (non-hydrogen) atoms. The van der Waals surface area contributed by atoms with Crippen molar-refractivity contribution in [2.45, 2.75) is 43.8 Å². The summed E-state index contributed by atoms with van der Waals surface area (Å²) >= 11 is 0. The summed E-state index contributed by atoms with van der Waals surface area (Å²) in [5.41, 5.74) is 1.22. The first-order valence-corrected chi connectivity index (χ1v) is 11.1. The molecule has 3 rings (SSSR count). The van der Waals surface area contributed by atoms with Gasteiger partial charge in [-0.3, -0.25) is 0 Å². The molecule has 0 atom stereocenters. The molecule has 10 heteroatoms. The van der Waals surface area contributed by atoms with Crippen molar-refractivity contribution in [1.82, 2.24) is 9.62 Å². The van der Waals surface area contributed by atoms with Crippen LogP contribution in [0.3, 0.4) is 0 Å². The zero-order valence-electron chi connectivity index (χ0n) is 17.0. The van der Waals surface area contributed by atoms with Crippen molar-refractivity contribution in [1.29, 1.82) is 0 Å². The fraction of sp³-hybridized carbons (Fsp3) is 0.381. The Bertz CT molecular complexity index is 1070. The summed E-state index contributed by atoms with van der Waals surface area (Å²) in [6.45, 7) is 3.65. The van der Waals surface area contributed by atoms with Gasteiger partial charge in [0.05, 0.1) is 10.5 Å². The van der Waals surface area contributed by atoms with Gasteiger partial charge in [-0.15, -0.1) is 0 Å². The van der Waals surface area contributed by atoms with Gasteiger partial charge >= 0.3 is 6.18 Å². The highest BCUT2D eigenvalue weighted by molar-refractivity contribution is 7.89. The topological polar surface area (TPSA) is 89.5 Å². The number of piperidine rings is 1. The number of amides is 1. The van der Waals surface area contributed by atoms with Gasteiger partial charge in [0.25, 0.3) is 0 Å². The van der Waals surface area contributed by atoms with Gasteiger partial charge in [-0.05, 0) is 61.1 Å². The van der Waals surface area contributed by atoms with Crippen LogP contribution in [0, 0.1) is 13.8 Å². The summed E-state index contributed by atoms with van der Waals surface area (Å²) < 4.78 is 69.4. The predicted molar refractivity (Wildman–Crippen MR) is 107 cm³/mol. The van der Waals surface area contributed by atoms with E-state index in [0.29, 0.717) is 5.56 Å². The molecule has 1 aliphatic heterocycles. The van der Waals surface area contributed by atoms with E-state index in [1.165, 1.54) is 6.07 Å². The first-order chi connectivity index (χ1) is 14.4. The van der Waals surface area contributed by atoms with Crippen molar-refractivity contribution in [2.75, 3.05) is 13.1 Å². The molecule has 1 fully saturated rings. The second-order valence-electron chi connectivity index (χ2n) is 7.62. The Morgan fingerprint density at radius 2 is 1.68 bits per heavy atom. The van der Waals surface area contributed by atoms with Gasteiger partial charge in [0.2, 0.25) is 10.0 Å². The van der Waals surface area contributed by atoms with Gasteiger partial charge in [0.1, 0.15) is 6.09 Å². The molecule has 0 aromatic heterocycles. The summed E-state index contributed by atoms with van der Waals surface area (Å²) in [5.74, 6) is 0. The van der Waals surface area contributed by atoms with Crippen LogP contribution in [0.25, 0.3) is 11.1 Å². The van der Waals surface area contributed by atoms with E-state index in [1.54, 1.807) is 32.0 Å². The highest BCUT2D eigenvalue weighted by Gasteiger charge is 2.38. The van der Waals surface area contributed by atoms with Gasteiger partial charge in [-0.1, -0.05) is 24.3 Å². The van der Waals surface area contributed by atoms with E-state index in [0.717, 1.165) is 28.2 Å². The lowest BCUT2D eigenvalue weighted by atomic mass is 9.94. The number of rotatable bonds is 4. The van der Waals surface area contributed by atoms with Gasteiger partial charge in [0.15, 0.2) is 0 Å². The molecule has 0 bridgehead atoms. The summed E-state index contributed by atoms with van der Waals surface area (Å²) in [7, 11) is -4.48. The molecule has 1 aliphatic rings. The summed E-state index contributed by atoms with van der Waals surface area (Å²) in [6.07, 6.45) is -5.94. The van der Waals surface area contributed by atoms with E-state index in [1.807, 2.05) is 0 Å². The lowest BCUT2D eigenvalue weighted by Gasteiger charge is -2.33. The highest BCUT2D eigenvalue weighted by atomic mass is 32.2. The fourth-order valence-corrected chi connectivity index (χ4v) is 5.39. The van der Waals surface area contributed by atoms with Crippen molar-refractivity contribution in [3.8, 4) is 11.1 Å². The average Bonchev–Trinajstić information content (AvgIpc) is 2.67. The molecule has 1 amide bonds. The van der Waals surface area contributed by atoms with E-state index < -0.39 is 38.8 Å². The minimum Gasteiger partial charge on any atom is -0.530 e. The van der Waals surface area contributed by atoms with Crippen LogP contribution in [-0.2, 0) is 16.2 Å². The molecule has 0 aliphatic carbocycles. The minimum atomic E-state index is -4.88. The number of hydrogen-bond donors (Lipinski definition) is 1. The summed E-state index contributed by atoms with van der Waals surface area (Å²) in [6, 6.07) is 7.90. The SMILES string of the molecule is Cc1cccc(C)c1-c1ccc(S(=O)(=O)NC2CCN(C(=O)[O-])CC2)c(C(F)(F)F)c1. The Hall–Kier alpha value is -2.59. The predicted octanol–water partition coefficient (Wildman–Crippen LogP) is 3.08. The van der Waals surface area contributed by atoms with Crippen LogP contribution >= 0.6 is 0 Å². The van der Waals surface area contributed by atoms with Crippen molar-refractivity contribution in [2.24, 2.45) is 0 Å². The van der Waals surface area contributed by atoms with Crippen LogP contribution in [0.5, 0.6) is 0 Å². The fourth-order valence-electron chi connectivity index (χ4n) is 3.87. The van der Waals surface area contributed by atoms with Crippen LogP contribution in [0.15, 0.2) is 41.3 Å². The molecule has 0 unspecified atom stereocenters. The normalized spacial score (nSPS) is 15.8. The van der Waals surface area contributed by atoms with Gasteiger partial charge < -0.3 is 14.8 Å². The van der Waals surface area contributed by atoms with Crippen molar-refractivity contribution in [3.63, 3.8) is 0 Å². The van der Waals surface area contributed by atoms with Gasteiger partial charge in [-0.25, -0.2) is 13.1 Å².